The van der Waals surface area contributed by atoms with Crippen molar-refractivity contribution >= 4 is 50.3 Å². The van der Waals surface area contributed by atoms with Crippen molar-refractivity contribution in [3.8, 4) is 0 Å². The van der Waals surface area contributed by atoms with Crippen LogP contribution >= 0.6 is 22.9 Å². The zero-order chi connectivity index (χ0) is 14.1. The molecule has 0 aliphatic heterocycles. The van der Waals surface area contributed by atoms with E-state index in [9.17, 15) is 4.79 Å². The van der Waals surface area contributed by atoms with Crippen molar-refractivity contribution in [2.24, 2.45) is 0 Å². The smallest absolute Gasteiger partial charge is 0.267 e. The molecule has 0 radical (unpaired) electrons. The predicted molar refractivity (Wildman–Crippen MR) is 83.4 cm³/mol. The van der Waals surface area contributed by atoms with Crippen LogP contribution < -0.4 is 11.1 Å². The molecular formula is C14H10ClN3OS. The molecule has 0 saturated carbocycles. The van der Waals surface area contributed by atoms with Crippen molar-refractivity contribution in [1.29, 1.82) is 0 Å². The van der Waals surface area contributed by atoms with E-state index in [0.717, 1.165) is 10.1 Å². The maximum atomic E-state index is 12.2. The summed E-state index contributed by atoms with van der Waals surface area (Å²) in [6.45, 7) is 0. The van der Waals surface area contributed by atoms with Gasteiger partial charge >= 0.3 is 0 Å². The monoisotopic (exact) mass is 303 g/mol. The molecule has 2 aromatic heterocycles. The van der Waals surface area contributed by atoms with Gasteiger partial charge in [-0.05, 0) is 30.3 Å². The normalized spacial score (nSPS) is 10.7. The van der Waals surface area contributed by atoms with E-state index in [-0.39, 0.29) is 5.91 Å². The number of nitrogens with zero attached hydrogens (tertiary/aromatic N) is 1. The van der Waals surface area contributed by atoms with E-state index in [1.807, 2.05) is 6.07 Å². The quantitative estimate of drug-likeness (QED) is 0.757. The molecule has 0 bridgehead atoms. The van der Waals surface area contributed by atoms with Crippen LogP contribution in [-0.4, -0.2) is 10.9 Å². The van der Waals surface area contributed by atoms with Crippen molar-refractivity contribution in [2.75, 3.05) is 11.1 Å². The molecule has 0 saturated heterocycles. The summed E-state index contributed by atoms with van der Waals surface area (Å²) < 4.78 is 0.895. The number of halogens is 1. The van der Waals surface area contributed by atoms with Gasteiger partial charge in [0.25, 0.3) is 5.91 Å². The molecule has 2 heterocycles. The van der Waals surface area contributed by atoms with Crippen LogP contribution in [0.25, 0.3) is 10.1 Å². The van der Waals surface area contributed by atoms with Crippen LogP contribution in [0.5, 0.6) is 0 Å². The van der Waals surface area contributed by atoms with Gasteiger partial charge in [0, 0.05) is 21.3 Å². The number of fused-ring (bicyclic) bond motifs is 1. The summed E-state index contributed by atoms with van der Waals surface area (Å²) in [5, 5.41) is 4.24. The molecule has 20 heavy (non-hydrogen) atoms. The fourth-order valence-electron chi connectivity index (χ4n) is 1.88. The van der Waals surface area contributed by atoms with Crippen LogP contribution in [0.2, 0.25) is 5.02 Å². The molecular weight excluding hydrogens is 294 g/mol. The van der Waals surface area contributed by atoms with Gasteiger partial charge in [0.2, 0.25) is 0 Å². The van der Waals surface area contributed by atoms with E-state index in [0.29, 0.717) is 21.3 Å². The van der Waals surface area contributed by atoms with Crippen LogP contribution in [0.4, 0.5) is 11.4 Å². The summed E-state index contributed by atoms with van der Waals surface area (Å²) >= 11 is 7.27. The standard InChI is InChI=1S/C14H10ClN3OS/c15-8-3-4-10-11(6-8)20-13(12(10)16)14(19)18-9-2-1-5-17-7-9/h1-7H,16H2,(H,18,19). The Morgan fingerprint density at radius 1 is 1.35 bits per heavy atom. The topological polar surface area (TPSA) is 68.0 Å². The van der Waals surface area contributed by atoms with Crippen LogP contribution in [-0.2, 0) is 0 Å². The molecule has 0 atom stereocenters. The Kier molecular flexibility index (Phi) is 3.30. The van der Waals surface area contributed by atoms with Gasteiger partial charge in [0.1, 0.15) is 4.88 Å². The lowest BCUT2D eigenvalue weighted by atomic mass is 10.2. The molecule has 0 aliphatic carbocycles. The number of nitrogens with one attached hydrogen (secondary N) is 1. The Morgan fingerprint density at radius 3 is 2.95 bits per heavy atom. The van der Waals surface area contributed by atoms with Gasteiger partial charge in [0.05, 0.1) is 17.6 Å². The maximum Gasteiger partial charge on any atom is 0.267 e. The minimum Gasteiger partial charge on any atom is -0.397 e. The van der Waals surface area contributed by atoms with Crippen LogP contribution in [0, 0.1) is 0 Å². The summed E-state index contributed by atoms with van der Waals surface area (Å²) in [6.07, 6.45) is 3.23. The number of nitrogens with two attached hydrogens (primary N) is 1. The molecule has 3 rings (SSSR count). The number of amides is 1. The lowest BCUT2D eigenvalue weighted by Gasteiger charge is -2.03. The zero-order valence-electron chi connectivity index (χ0n) is 10.3. The average Bonchev–Trinajstić information content (AvgIpc) is 2.76. The van der Waals surface area contributed by atoms with Crippen LogP contribution in [0.1, 0.15) is 9.67 Å². The highest BCUT2D eigenvalue weighted by atomic mass is 35.5. The van der Waals surface area contributed by atoms with E-state index in [2.05, 4.69) is 10.3 Å². The first-order valence-corrected chi connectivity index (χ1v) is 7.03. The van der Waals surface area contributed by atoms with Crippen LogP contribution in [0.15, 0.2) is 42.7 Å². The first kappa shape index (κ1) is 12.9. The van der Waals surface area contributed by atoms with Crippen molar-refractivity contribution in [3.05, 3.63) is 52.6 Å². The van der Waals surface area contributed by atoms with E-state index in [4.69, 9.17) is 17.3 Å². The average molecular weight is 304 g/mol. The van der Waals surface area contributed by atoms with Gasteiger partial charge in [-0.2, -0.15) is 0 Å². The summed E-state index contributed by atoms with van der Waals surface area (Å²) in [5.41, 5.74) is 7.14. The molecule has 3 aromatic rings. The van der Waals surface area contributed by atoms with Crippen molar-refractivity contribution < 1.29 is 4.79 Å². The molecule has 0 fully saturated rings. The molecule has 3 N–H and O–H groups in total. The van der Waals surface area contributed by atoms with Gasteiger partial charge in [0.15, 0.2) is 0 Å². The molecule has 0 unspecified atom stereocenters. The third kappa shape index (κ3) is 2.33. The van der Waals surface area contributed by atoms with Crippen LogP contribution in [0.3, 0.4) is 0 Å². The second-order valence-corrected chi connectivity index (χ2v) is 5.67. The molecule has 6 heteroatoms. The van der Waals surface area contributed by atoms with Gasteiger partial charge < -0.3 is 11.1 Å². The van der Waals surface area contributed by atoms with E-state index in [1.54, 1.807) is 36.7 Å². The van der Waals surface area contributed by atoms with Crippen molar-refractivity contribution in [2.45, 2.75) is 0 Å². The third-order valence-electron chi connectivity index (χ3n) is 2.82. The number of hydrogen-bond donors (Lipinski definition) is 2. The fourth-order valence-corrected chi connectivity index (χ4v) is 3.18. The number of hydrogen-bond acceptors (Lipinski definition) is 4. The molecule has 100 valence electrons. The number of anilines is 2. The molecule has 0 spiro atoms. The third-order valence-corrected chi connectivity index (χ3v) is 4.22. The summed E-state index contributed by atoms with van der Waals surface area (Å²) in [7, 11) is 0. The van der Waals surface area contributed by atoms with Crippen molar-refractivity contribution in [3.63, 3.8) is 0 Å². The summed E-state index contributed by atoms with van der Waals surface area (Å²) in [4.78, 5) is 16.7. The van der Waals surface area contributed by atoms with Crippen molar-refractivity contribution in [1.82, 2.24) is 4.98 Å². The van der Waals surface area contributed by atoms with Gasteiger partial charge in [-0.3, -0.25) is 9.78 Å². The molecule has 1 amide bonds. The number of benzene rings is 1. The highest BCUT2D eigenvalue weighted by molar-refractivity contribution is 7.21. The van der Waals surface area contributed by atoms with Gasteiger partial charge in [-0.1, -0.05) is 11.6 Å². The number of rotatable bonds is 2. The number of carbonyl (C=O) groups excluding carboxylic acids is 1. The fraction of sp³-hybridized carbons (Fsp3) is 0. The maximum absolute atomic E-state index is 12.2. The van der Waals surface area contributed by atoms with E-state index in [1.165, 1.54) is 11.3 Å². The Morgan fingerprint density at radius 2 is 2.20 bits per heavy atom. The Balaban J connectivity index is 1.97. The first-order valence-electron chi connectivity index (χ1n) is 5.84. The van der Waals surface area contributed by atoms with E-state index < -0.39 is 0 Å². The second-order valence-electron chi connectivity index (χ2n) is 4.18. The number of nitrogen functional groups attached to an aromatic ring is 1. The molecule has 4 nitrogen and oxygen atoms in total. The SMILES string of the molecule is Nc1c(C(=O)Nc2cccnc2)sc2cc(Cl)ccc12. The van der Waals surface area contributed by atoms with Gasteiger partial charge in [-0.25, -0.2) is 0 Å². The van der Waals surface area contributed by atoms with E-state index >= 15 is 0 Å². The zero-order valence-corrected chi connectivity index (χ0v) is 11.8. The Hall–Kier alpha value is -2.11. The minimum atomic E-state index is -0.243. The number of pyridine rings is 1. The Labute approximate surface area is 124 Å². The number of thiophene rings is 1. The lowest BCUT2D eigenvalue weighted by molar-refractivity contribution is 0.103. The summed E-state index contributed by atoms with van der Waals surface area (Å²) in [6, 6.07) is 8.91. The number of aromatic nitrogens is 1. The highest BCUT2D eigenvalue weighted by Gasteiger charge is 2.16. The number of carbonyl (C=O) groups is 1. The second kappa shape index (κ2) is 5.11. The summed E-state index contributed by atoms with van der Waals surface area (Å²) in [5.74, 6) is -0.243. The largest absolute Gasteiger partial charge is 0.397 e. The predicted octanol–water partition coefficient (Wildman–Crippen LogP) is 3.78. The van der Waals surface area contributed by atoms with Gasteiger partial charge in [-0.15, -0.1) is 11.3 Å². The molecule has 1 aromatic carbocycles. The Bertz CT molecular complexity index is 786. The molecule has 0 aliphatic rings. The minimum absolute atomic E-state index is 0.243. The first-order chi connectivity index (χ1) is 9.65. The highest BCUT2D eigenvalue weighted by Crippen LogP contribution is 2.35. The lowest BCUT2D eigenvalue weighted by Crippen LogP contribution is -2.11.